The van der Waals surface area contributed by atoms with Crippen LogP contribution in [0, 0.1) is 13.8 Å². The van der Waals surface area contributed by atoms with Crippen LogP contribution < -0.4 is 9.47 Å². The van der Waals surface area contributed by atoms with Crippen molar-refractivity contribution >= 4 is 20.8 Å². The number of aryl methyl sites for hydroxylation is 2. The zero-order valence-corrected chi connectivity index (χ0v) is 26.2. The predicted molar refractivity (Wildman–Crippen MR) is 172 cm³/mol. The average molecular weight is 600 g/mol. The number of rotatable bonds is 11. The maximum atomic E-state index is 14.2. The summed E-state index contributed by atoms with van der Waals surface area (Å²) in [6.07, 6.45) is 4.31. The van der Waals surface area contributed by atoms with Crippen LogP contribution >= 0.6 is 0 Å². The van der Waals surface area contributed by atoms with Gasteiger partial charge in [-0.25, -0.2) is 8.42 Å². The van der Waals surface area contributed by atoms with Gasteiger partial charge in [-0.15, -0.1) is 0 Å². The van der Waals surface area contributed by atoms with E-state index in [1.54, 1.807) is 16.4 Å². The van der Waals surface area contributed by atoms with Crippen LogP contribution in [0.4, 0.5) is 0 Å². The normalized spacial score (nSPS) is 16.2. The fraction of sp³-hybridized carbons (Fsp3) is 0.389. The zero-order valence-electron chi connectivity index (χ0n) is 25.4. The van der Waals surface area contributed by atoms with Crippen molar-refractivity contribution in [3.8, 4) is 11.5 Å². The van der Waals surface area contributed by atoms with E-state index >= 15 is 0 Å². The van der Waals surface area contributed by atoms with Crippen LogP contribution in [0.25, 0.3) is 10.8 Å². The Labute approximate surface area is 256 Å². The summed E-state index contributed by atoms with van der Waals surface area (Å²) < 4.78 is 42.6. The highest BCUT2D eigenvalue weighted by Crippen LogP contribution is 2.32. The molecule has 0 bridgehead atoms. The topological polar surface area (TPSA) is 55.8 Å². The van der Waals surface area contributed by atoms with Gasteiger partial charge in [0.2, 0.25) is 10.0 Å². The van der Waals surface area contributed by atoms with Crippen LogP contribution in [-0.4, -0.2) is 56.6 Å². The van der Waals surface area contributed by atoms with Crippen molar-refractivity contribution in [2.24, 2.45) is 0 Å². The van der Waals surface area contributed by atoms with Crippen LogP contribution in [0.1, 0.15) is 47.9 Å². The van der Waals surface area contributed by atoms with E-state index < -0.39 is 10.0 Å². The summed E-state index contributed by atoms with van der Waals surface area (Å²) >= 11 is 0. The van der Waals surface area contributed by atoms with E-state index in [0.29, 0.717) is 36.2 Å². The molecule has 4 aromatic carbocycles. The first-order chi connectivity index (χ1) is 20.8. The lowest BCUT2D eigenvalue weighted by molar-refractivity contribution is -0.929. The summed E-state index contributed by atoms with van der Waals surface area (Å²) in [5.74, 6) is 1.39. The average Bonchev–Trinajstić information content (AvgIpc) is 3.46. The van der Waals surface area contributed by atoms with E-state index in [1.807, 2.05) is 48.5 Å². The van der Waals surface area contributed by atoms with Crippen LogP contribution in [0.5, 0.6) is 11.5 Å². The number of quaternary nitrogens is 1. The maximum Gasteiger partial charge on any atom is 0.243 e. The summed E-state index contributed by atoms with van der Waals surface area (Å²) in [5.41, 5.74) is 4.95. The van der Waals surface area contributed by atoms with Crippen LogP contribution in [0.15, 0.2) is 83.8 Å². The van der Waals surface area contributed by atoms with E-state index in [9.17, 15) is 8.42 Å². The Balaban J connectivity index is 1.20. The molecule has 0 unspecified atom stereocenters. The molecular formula is C36H43N2O4S+. The molecule has 0 N–H and O–H groups in total. The Bertz CT molecular complexity index is 1670. The Morgan fingerprint density at radius 2 is 1.47 bits per heavy atom. The van der Waals surface area contributed by atoms with Crippen LogP contribution in [0.2, 0.25) is 0 Å². The largest absolute Gasteiger partial charge is 0.486 e. The molecule has 43 heavy (non-hydrogen) atoms. The molecule has 7 heteroatoms. The number of hydrogen-bond acceptors (Lipinski definition) is 4. The minimum Gasteiger partial charge on any atom is -0.486 e. The van der Waals surface area contributed by atoms with Crippen molar-refractivity contribution < 1.29 is 22.4 Å². The monoisotopic (exact) mass is 599 g/mol. The van der Waals surface area contributed by atoms with Gasteiger partial charge in [-0.05, 0) is 67.3 Å². The highest BCUT2D eigenvalue weighted by atomic mass is 32.2. The Kier molecular flexibility index (Phi) is 8.75. The zero-order chi connectivity index (χ0) is 29.9. The molecule has 1 saturated heterocycles. The molecule has 0 radical (unpaired) electrons. The molecule has 2 aliphatic rings. The van der Waals surface area contributed by atoms with Crippen molar-refractivity contribution in [2.45, 2.75) is 57.5 Å². The number of fused-ring (bicyclic) bond motifs is 2. The van der Waals surface area contributed by atoms with Gasteiger partial charge in [0, 0.05) is 31.5 Å². The number of nitrogens with zero attached hydrogens (tertiary/aromatic N) is 2. The van der Waals surface area contributed by atoms with Crippen molar-refractivity contribution in [1.29, 1.82) is 0 Å². The van der Waals surface area contributed by atoms with E-state index in [2.05, 4.69) is 32.0 Å². The molecule has 6 nitrogen and oxygen atoms in total. The van der Waals surface area contributed by atoms with Gasteiger partial charge in [0.25, 0.3) is 0 Å². The second kappa shape index (κ2) is 12.7. The smallest absolute Gasteiger partial charge is 0.243 e. The number of ether oxygens (including phenoxy) is 2. The molecule has 0 saturated carbocycles. The SMILES string of the molecule is Cc1cc(C)cc(C[N+]2(CCCCN(Cc3ccc4c(c3)OCCO4)S(=O)(=O)c3ccc4ccccc4c3)CCCC2)c1. The molecule has 6 rings (SSSR count). The standard InChI is InChI=1S/C36H43N2O4S/c1-28-21-29(2)23-31(22-28)27-38(17-7-8-18-38)16-6-5-15-37(26-30-11-14-35-36(24-30)42-20-19-41-35)43(39,40)34-13-12-32-9-3-4-10-33(32)25-34/h3-4,9-14,21-25H,5-8,15-20,26-27H2,1-2H3/q+1. The van der Waals surface area contributed by atoms with Crippen molar-refractivity contribution in [3.05, 3.63) is 101 Å². The van der Waals surface area contributed by atoms with E-state index in [-0.39, 0.29) is 6.54 Å². The fourth-order valence-corrected chi connectivity index (χ4v) is 8.40. The van der Waals surface area contributed by atoms with Crippen LogP contribution in [-0.2, 0) is 23.1 Å². The summed E-state index contributed by atoms with van der Waals surface area (Å²) in [7, 11) is -3.73. The molecule has 226 valence electrons. The quantitative estimate of drug-likeness (QED) is 0.138. The highest BCUT2D eigenvalue weighted by molar-refractivity contribution is 7.89. The predicted octanol–water partition coefficient (Wildman–Crippen LogP) is 7.01. The summed E-state index contributed by atoms with van der Waals surface area (Å²) in [5, 5.41) is 1.96. The molecule has 0 aromatic heterocycles. The Morgan fingerprint density at radius 1 is 0.744 bits per heavy atom. The van der Waals surface area contributed by atoms with Gasteiger partial charge in [0.1, 0.15) is 19.8 Å². The Morgan fingerprint density at radius 3 is 2.23 bits per heavy atom. The second-order valence-electron chi connectivity index (χ2n) is 12.4. The summed E-state index contributed by atoms with van der Waals surface area (Å²) in [6, 6.07) is 26.0. The summed E-state index contributed by atoms with van der Waals surface area (Å²) in [4.78, 5) is 0.335. The van der Waals surface area contributed by atoms with Crippen molar-refractivity contribution in [3.63, 3.8) is 0 Å². The van der Waals surface area contributed by atoms with E-state index in [4.69, 9.17) is 9.47 Å². The molecule has 4 aromatic rings. The van der Waals surface area contributed by atoms with Gasteiger partial charge < -0.3 is 14.0 Å². The lowest BCUT2D eigenvalue weighted by Crippen LogP contribution is -2.45. The molecule has 0 spiro atoms. The first-order valence-corrected chi connectivity index (χ1v) is 17.0. The van der Waals surface area contributed by atoms with Gasteiger partial charge in [-0.2, -0.15) is 4.31 Å². The summed E-state index contributed by atoms with van der Waals surface area (Å²) in [6.45, 7) is 10.7. The first kappa shape index (κ1) is 29.7. The third-order valence-electron chi connectivity index (χ3n) is 8.93. The van der Waals surface area contributed by atoms with Crippen LogP contribution in [0.3, 0.4) is 0 Å². The number of hydrogen-bond donors (Lipinski definition) is 0. The number of sulfonamides is 1. The molecule has 0 aliphatic carbocycles. The second-order valence-corrected chi connectivity index (χ2v) is 14.3. The number of unbranched alkanes of at least 4 members (excludes halogenated alkanes) is 1. The van der Waals surface area contributed by atoms with E-state index in [0.717, 1.165) is 46.8 Å². The number of likely N-dealkylation sites (tertiary alicyclic amines) is 1. The molecule has 0 amide bonds. The maximum absolute atomic E-state index is 14.2. The minimum atomic E-state index is -3.73. The van der Waals surface area contributed by atoms with Gasteiger partial charge in [0.15, 0.2) is 11.5 Å². The Hall–Kier alpha value is -3.39. The molecule has 1 fully saturated rings. The highest BCUT2D eigenvalue weighted by Gasteiger charge is 2.32. The third-order valence-corrected chi connectivity index (χ3v) is 10.8. The first-order valence-electron chi connectivity index (χ1n) is 15.6. The fourth-order valence-electron chi connectivity index (χ4n) is 6.90. The van der Waals surface area contributed by atoms with E-state index in [1.165, 1.54) is 42.6 Å². The molecule has 0 atom stereocenters. The number of benzene rings is 4. The van der Waals surface area contributed by atoms with Gasteiger partial charge >= 0.3 is 0 Å². The molecular weight excluding hydrogens is 556 g/mol. The van der Waals surface area contributed by atoms with Gasteiger partial charge in [0.05, 0.1) is 24.5 Å². The van der Waals surface area contributed by atoms with Crippen molar-refractivity contribution in [1.82, 2.24) is 4.31 Å². The molecule has 2 heterocycles. The minimum absolute atomic E-state index is 0.286. The van der Waals surface area contributed by atoms with Gasteiger partial charge in [-0.3, -0.25) is 0 Å². The van der Waals surface area contributed by atoms with Gasteiger partial charge in [-0.1, -0.05) is 65.7 Å². The molecule has 2 aliphatic heterocycles. The van der Waals surface area contributed by atoms with Crippen molar-refractivity contribution in [2.75, 3.05) is 39.4 Å². The lowest BCUT2D eigenvalue weighted by atomic mass is 10.1. The lowest BCUT2D eigenvalue weighted by Gasteiger charge is -2.35. The third kappa shape index (κ3) is 6.90.